The lowest BCUT2D eigenvalue weighted by Crippen LogP contribution is -2.13. The zero-order valence-electron chi connectivity index (χ0n) is 10.9. The maximum Gasteiger partial charge on any atom is 0.159 e. The topological polar surface area (TPSA) is 21.3 Å². The Morgan fingerprint density at radius 2 is 1.65 bits per heavy atom. The molecule has 0 atom stereocenters. The highest BCUT2D eigenvalue weighted by Crippen LogP contribution is 2.25. The number of rotatable bonds is 5. The highest BCUT2D eigenvalue weighted by atomic mass is 79.9. The van der Waals surface area contributed by atoms with E-state index < -0.39 is 11.6 Å². The molecule has 0 unspecified atom stereocenters. The molecule has 0 saturated carbocycles. The molecule has 106 valence electrons. The summed E-state index contributed by atoms with van der Waals surface area (Å²) in [6.07, 6.45) is 0. The molecule has 0 aliphatic rings. The average Bonchev–Trinajstić information content (AvgIpc) is 2.43. The first kappa shape index (κ1) is 14.9. The van der Waals surface area contributed by atoms with Gasteiger partial charge in [-0.25, -0.2) is 8.78 Å². The van der Waals surface area contributed by atoms with Gasteiger partial charge in [-0.1, -0.05) is 12.1 Å². The van der Waals surface area contributed by atoms with Crippen LogP contribution in [0.2, 0.25) is 0 Å². The molecule has 0 saturated heterocycles. The fourth-order valence-corrected chi connectivity index (χ4v) is 2.41. The van der Waals surface area contributed by atoms with E-state index in [0.717, 1.165) is 21.9 Å². The van der Waals surface area contributed by atoms with Crippen LogP contribution in [0.3, 0.4) is 0 Å². The van der Waals surface area contributed by atoms with Gasteiger partial charge in [0.05, 0.1) is 11.6 Å². The summed E-state index contributed by atoms with van der Waals surface area (Å²) in [6, 6.07) is 9.68. The highest BCUT2D eigenvalue weighted by molar-refractivity contribution is 9.10. The van der Waals surface area contributed by atoms with Gasteiger partial charge in [-0.2, -0.15) is 0 Å². The Kier molecular flexibility index (Phi) is 5.09. The van der Waals surface area contributed by atoms with Crippen molar-refractivity contribution in [3.8, 4) is 5.75 Å². The van der Waals surface area contributed by atoms with E-state index in [-0.39, 0.29) is 0 Å². The van der Waals surface area contributed by atoms with Gasteiger partial charge in [0.1, 0.15) is 5.75 Å². The number of methoxy groups -OCH3 is 1. The van der Waals surface area contributed by atoms with Gasteiger partial charge in [-0.05, 0) is 51.3 Å². The highest BCUT2D eigenvalue weighted by Gasteiger charge is 2.03. The van der Waals surface area contributed by atoms with Crippen molar-refractivity contribution in [1.29, 1.82) is 0 Å². The van der Waals surface area contributed by atoms with E-state index in [2.05, 4.69) is 21.2 Å². The minimum Gasteiger partial charge on any atom is -0.496 e. The molecule has 20 heavy (non-hydrogen) atoms. The van der Waals surface area contributed by atoms with Crippen LogP contribution in [0.15, 0.2) is 40.9 Å². The second-order valence-electron chi connectivity index (χ2n) is 4.32. The Labute approximate surface area is 124 Å². The second-order valence-corrected chi connectivity index (χ2v) is 5.18. The maximum atomic E-state index is 13.0. The van der Waals surface area contributed by atoms with Gasteiger partial charge in [0.15, 0.2) is 11.6 Å². The van der Waals surface area contributed by atoms with Crippen molar-refractivity contribution in [1.82, 2.24) is 5.32 Å². The van der Waals surface area contributed by atoms with Crippen molar-refractivity contribution in [3.05, 3.63) is 63.6 Å². The average molecular weight is 342 g/mol. The van der Waals surface area contributed by atoms with Crippen molar-refractivity contribution in [2.24, 2.45) is 0 Å². The summed E-state index contributed by atoms with van der Waals surface area (Å²) >= 11 is 3.42. The Balaban J connectivity index is 1.92. The number of ether oxygens (including phenoxy) is 1. The molecule has 2 rings (SSSR count). The van der Waals surface area contributed by atoms with Crippen molar-refractivity contribution in [3.63, 3.8) is 0 Å². The third-order valence-electron chi connectivity index (χ3n) is 2.86. The number of benzene rings is 2. The van der Waals surface area contributed by atoms with Crippen LogP contribution >= 0.6 is 15.9 Å². The van der Waals surface area contributed by atoms with Crippen LogP contribution < -0.4 is 10.1 Å². The molecule has 0 radical (unpaired) electrons. The zero-order valence-corrected chi connectivity index (χ0v) is 12.5. The molecule has 2 nitrogen and oxygen atoms in total. The largest absolute Gasteiger partial charge is 0.496 e. The van der Waals surface area contributed by atoms with E-state index in [1.165, 1.54) is 6.07 Å². The lowest BCUT2D eigenvalue weighted by atomic mass is 10.2. The minimum atomic E-state index is -0.826. The molecule has 0 aromatic heterocycles. The summed E-state index contributed by atoms with van der Waals surface area (Å²) in [6.45, 7) is 1.10. The first-order chi connectivity index (χ1) is 9.60. The Hall–Kier alpha value is -1.46. The van der Waals surface area contributed by atoms with Crippen LogP contribution in [0.5, 0.6) is 5.75 Å². The van der Waals surface area contributed by atoms with E-state index in [1.54, 1.807) is 13.2 Å². The van der Waals surface area contributed by atoms with Crippen molar-refractivity contribution < 1.29 is 13.5 Å². The molecule has 0 heterocycles. The molecule has 5 heteroatoms. The zero-order chi connectivity index (χ0) is 14.5. The Bertz CT molecular complexity index is 604. The summed E-state index contributed by atoms with van der Waals surface area (Å²) < 4.78 is 31.9. The lowest BCUT2D eigenvalue weighted by Gasteiger charge is -2.08. The molecule has 0 bridgehead atoms. The predicted molar refractivity (Wildman–Crippen MR) is 77.6 cm³/mol. The SMILES string of the molecule is COc1ccc(CNCc2ccc(F)c(F)c2)cc1Br. The first-order valence-electron chi connectivity index (χ1n) is 6.07. The van der Waals surface area contributed by atoms with Crippen LogP contribution in [0, 0.1) is 11.6 Å². The third kappa shape index (κ3) is 3.77. The van der Waals surface area contributed by atoms with Crippen molar-refractivity contribution in [2.45, 2.75) is 13.1 Å². The predicted octanol–water partition coefficient (Wildman–Crippen LogP) is 4.03. The molecule has 0 spiro atoms. The van der Waals surface area contributed by atoms with E-state index in [0.29, 0.717) is 18.7 Å². The molecular formula is C15H14BrF2NO. The van der Waals surface area contributed by atoms with Gasteiger partial charge >= 0.3 is 0 Å². The van der Waals surface area contributed by atoms with E-state index in [9.17, 15) is 8.78 Å². The number of hydrogen-bond acceptors (Lipinski definition) is 2. The lowest BCUT2D eigenvalue weighted by molar-refractivity contribution is 0.412. The molecule has 2 aromatic carbocycles. The summed E-state index contributed by atoms with van der Waals surface area (Å²) in [5.74, 6) is -0.876. The van der Waals surface area contributed by atoms with Gasteiger partial charge in [0.25, 0.3) is 0 Å². The molecule has 0 amide bonds. The molecular weight excluding hydrogens is 328 g/mol. The van der Waals surface area contributed by atoms with Crippen LogP contribution in [0.4, 0.5) is 8.78 Å². The Morgan fingerprint density at radius 1 is 1.00 bits per heavy atom. The van der Waals surface area contributed by atoms with Gasteiger partial charge in [-0.15, -0.1) is 0 Å². The van der Waals surface area contributed by atoms with E-state index in [1.807, 2.05) is 18.2 Å². The molecule has 1 N–H and O–H groups in total. The maximum absolute atomic E-state index is 13.0. The van der Waals surface area contributed by atoms with E-state index in [4.69, 9.17) is 4.74 Å². The van der Waals surface area contributed by atoms with Crippen LogP contribution in [0.1, 0.15) is 11.1 Å². The van der Waals surface area contributed by atoms with Gasteiger partial charge in [0.2, 0.25) is 0 Å². The third-order valence-corrected chi connectivity index (χ3v) is 3.48. The monoisotopic (exact) mass is 341 g/mol. The van der Waals surface area contributed by atoms with Crippen LogP contribution in [-0.4, -0.2) is 7.11 Å². The van der Waals surface area contributed by atoms with Gasteiger partial charge in [0, 0.05) is 13.1 Å². The molecule has 0 aliphatic carbocycles. The fourth-order valence-electron chi connectivity index (χ4n) is 1.82. The standard InChI is InChI=1S/C15H14BrF2NO/c1-20-15-5-3-10(6-12(15)16)8-19-9-11-2-4-13(17)14(18)7-11/h2-7,19H,8-9H2,1H3. The number of hydrogen-bond donors (Lipinski definition) is 1. The normalized spacial score (nSPS) is 10.6. The fraction of sp³-hybridized carbons (Fsp3) is 0.200. The van der Waals surface area contributed by atoms with Gasteiger partial charge in [-0.3, -0.25) is 0 Å². The van der Waals surface area contributed by atoms with E-state index >= 15 is 0 Å². The second kappa shape index (κ2) is 6.81. The summed E-state index contributed by atoms with van der Waals surface area (Å²) in [4.78, 5) is 0. The van der Waals surface area contributed by atoms with Crippen LogP contribution in [0.25, 0.3) is 0 Å². The van der Waals surface area contributed by atoms with Gasteiger partial charge < -0.3 is 10.1 Å². The Morgan fingerprint density at radius 3 is 2.25 bits per heavy atom. The quantitative estimate of drug-likeness (QED) is 0.886. The summed E-state index contributed by atoms with van der Waals surface area (Å²) in [7, 11) is 1.61. The summed E-state index contributed by atoms with van der Waals surface area (Å²) in [5, 5.41) is 3.18. The summed E-state index contributed by atoms with van der Waals surface area (Å²) in [5.41, 5.74) is 1.77. The molecule has 2 aromatic rings. The number of nitrogens with one attached hydrogen (secondary N) is 1. The van der Waals surface area contributed by atoms with Crippen molar-refractivity contribution in [2.75, 3.05) is 7.11 Å². The molecule has 0 aliphatic heterocycles. The minimum absolute atomic E-state index is 0.473. The molecule has 0 fully saturated rings. The van der Waals surface area contributed by atoms with Crippen LogP contribution in [-0.2, 0) is 13.1 Å². The van der Waals surface area contributed by atoms with Crippen molar-refractivity contribution >= 4 is 15.9 Å². The smallest absolute Gasteiger partial charge is 0.159 e. The number of halogens is 3. The first-order valence-corrected chi connectivity index (χ1v) is 6.86.